The number of halogens is 1. The number of rotatable bonds is 12. The average molecular weight is 693 g/mol. The van der Waals surface area contributed by atoms with Crippen molar-refractivity contribution in [2.75, 3.05) is 5.32 Å². The third-order valence-corrected chi connectivity index (χ3v) is 7.78. The van der Waals surface area contributed by atoms with Crippen molar-refractivity contribution < 1.29 is 33.2 Å². The summed E-state index contributed by atoms with van der Waals surface area (Å²) in [6.07, 6.45) is -1.25. The number of anilines is 1. The lowest BCUT2D eigenvalue weighted by molar-refractivity contribution is -0.384. The number of ether oxygens (including phenoxy) is 1. The Hall–Kier alpha value is -6.74. The summed E-state index contributed by atoms with van der Waals surface area (Å²) in [6, 6.07) is 25.7. The van der Waals surface area contributed by atoms with E-state index < -0.39 is 47.0 Å². The first-order valence-electron chi connectivity index (χ1n) is 15.5. The zero-order valence-corrected chi connectivity index (χ0v) is 26.6. The molecule has 258 valence electrons. The van der Waals surface area contributed by atoms with Crippen LogP contribution in [-0.2, 0) is 29.1 Å². The van der Waals surface area contributed by atoms with E-state index in [0.29, 0.717) is 5.56 Å². The van der Waals surface area contributed by atoms with Crippen LogP contribution in [0.5, 0.6) is 0 Å². The number of nitrogens with zero attached hydrogens (tertiary/aromatic N) is 4. The number of hydrogen-bond acceptors (Lipinski definition) is 10. The largest absolute Gasteiger partial charge is 0.444 e. The fraction of sp³-hybridized carbons (Fsp3) is 0.139. The van der Waals surface area contributed by atoms with Crippen LogP contribution in [0.3, 0.4) is 0 Å². The van der Waals surface area contributed by atoms with Crippen LogP contribution in [0.4, 0.5) is 20.6 Å². The molecule has 0 fully saturated rings. The Labute approximate surface area is 288 Å². The second-order valence-corrected chi connectivity index (χ2v) is 11.4. The monoisotopic (exact) mass is 692 g/mol. The molecule has 51 heavy (non-hydrogen) atoms. The van der Waals surface area contributed by atoms with Gasteiger partial charge in [-0.3, -0.25) is 29.6 Å². The fourth-order valence-corrected chi connectivity index (χ4v) is 5.27. The maximum Gasteiger partial charge on any atom is 0.412 e. The number of nitro groups is 1. The van der Waals surface area contributed by atoms with Gasteiger partial charge in [0.2, 0.25) is 11.8 Å². The molecule has 0 spiro atoms. The Kier molecular flexibility index (Phi) is 10.2. The molecule has 0 saturated carbocycles. The molecule has 14 nitrogen and oxygen atoms in total. The van der Waals surface area contributed by atoms with Crippen molar-refractivity contribution in [3.8, 4) is 11.4 Å². The van der Waals surface area contributed by atoms with E-state index in [0.717, 1.165) is 21.9 Å². The first-order chi connectivity index (χ1) is 24.6. The molecule has 0 bridgehead atoms. The molecule has 2 aromatic heterocycles. The molecular weight excluding hydrogens is 663 g/mol. The first kappa shape index (κ1) is 34.1. The molecule has 6 rings (SSSR count). The Morgan fingerprint density at radius 3 is 2.35 bits per heavy atom. The number of aliphatic hydroxyl groups excluding tert-OH is 1. The number of carbonyl (C=O) groups is 2. The van der Waals surface area contributed by atoms with Crippen LogP contribution in [0.1, 0.15) is 23.1 Å². The number of non-ortho nitro benzene ring substituents is 1. The number of fused-ring (bicyclic) bond motifs is 1. The summed E-state index contributed by atoms with van der Waals surface area (Å²) in [5.74, 6) is -1.47. The highest BCUT2D eigenvalue weighted by molar-refractivity contribution is 5.84. The summed E-state index contributed by atoms with van der Waals surface area (Å²) < 4.78 is 25.7. The summed E-state index contributed by atoms with van der Waals surface area (Å²) in [7, 11) is 0. The van der Waals surface area contributed by atoms with Crippen molar-refractivity contribution in [3.63, 3.8) is 0 Å². The van der Waals surface area contributed by atoms with E-state index in [9.17, 15) is 34.0 Å². The summed E-state index contributed by atoms with van der Waals surface area (Å²) >= 11 is 0. The Morgan fingerprint density at radius 1 is 0.980 bits per heavy atom. The summed E-state index contributed by atoms with van der Waals surface area (Å²) in [5.41, 5.74) is 0.774. The lowest BCUT2D eigenvalue weighted by Gasteiger charge is -2.23. The number of carbonyl (C=O) groups excluding carboxylic acids is 2. The predicted octanol–water partition coefficient (Wildman–Crippen LogP) is 5.31. The quantitative estimate of drug-likeness (QED) is 0.112. The predicted molar refractivity (Wildman–Crippen MR) is 182 cm³/mol. The lowest BCUT2D eigenvalue weighted by Crippen LogP contribution is -2.44. The number of nitrogens with one attached hydrogen (secondary N) is 2. The van der Waals surface area contributed by atoms with Gasteiger partial charge >= 0.3 is 6.09 Å². The highest BCUT2D eigenvalue weighted by atomic mass is 19.1. The fourth-order valence-electron chi connectivity index (χ4n) is 5.27. The van der Waals surface area contributed by atoms with Gasteiger partial charge in [0.15, 0.2) is 11.7 Å². The standard InChI is InChI=1S/C36H29FN6O8/c37-25-13-11-24(12-14-25)33-38-19-29(41-36(47)50-21-23-9-5-2-6-10-23)35(46)42(33)20-31(44)39-28(17-22-7-3-1-4-8-22)32(45)34-40-27-18-26(43(48)49)15-16-30(27)51-34/h1-16,18-19,28,32,45H,17,20-21H2,(H,39,44)(H,41,47). The van der Waals surface area contributed by atoms with Gasteiger partial charge in [0, 0.05) is 17.7 Å². The van der Waals surface area contributed by atoms with Crippen molar-refractivity contribution in [2.24, 2.45) is 0 Å². The van der Waals surface area contributed by atoms with Crippen LogP contribution in [0, 0.1) is 15.9 Å². The van der Waals surface area contributed by atoms with Gasteiger partial charge in [0.25, 0.3) is 11.2 Å². The van der Waals surface area contributed by atoms with Gasteiger partial charge < -0.3 is 19.6 Å². The zero-order valence-electron chi connectivity index (χ0n) is 26.6. The number of aliphatic hydroxyl groups is 1. The number of oxazole rings is 1. The summed E-state index contributed by atoms with van der Waals surface area (Å²) in [5, 5.41) is 27.8. The summed E-state index contributed by atoms with van der Waals surface area (Å²) in [4.78, 5) is 59.3. The van der Waals surface area contributed by atoms with Crippen molar-refractivity contribution >= 4 is 34.5 Å². The van der Waals surface area contributed by atoms with Crippen LogP contribution < -0.4 is 16.2 Å². The van der Waals surface area contributed by atoms with E-state index in [1.165, 1.54) is 42.5 Å². The van der Waals surface area contributed by atoms with Crippen LogP contribution in [0.15, 0.2) is 119 Å². The SMILES string of the molecule is O=C(Cn1c(-c2ccc(F)cc2)ncc(NC(=O)OCc2ccccc2)c1=O)NC(Cc1ccccc1)C(O)c1nc2cc([N+](=O)[O-])ccc2o1. The van der Waals surface area contributed by atoms with Gasteiger partial charge in [-0.2, -0.15) is 0 Å². The van der Waals surface area contributed by atoms with Gasteiger partial charge in [-0.1, -0.05) is 60.7 Å². The van der Waals surface area contributed by atoms with Crippen molar-refractivity contribution in [1.29, 1.82) is 0 Å². The van der Waals surface area contributed by atoms with Gasteiger partial charge in [0.05, 0.1) is 17.2 Å². The summed E-state index contributed by atoms with van der Waals surface area (Å²) in [6.45, 7) is -0.697. The molecule has 3 N–H and O–H groups in total. The zero-order chi connectivity index (χ0) is 35.9. The van der Waals surface area contributed by atoms with Crippen LogP contribution >= 0.6 is 0 Å². The second-order valence-electron chi connectivity index (χ2n) is 11.4. The molecule has 2 heterocycles. The Balaban J connectivity index is 1.28. The molecule has 2 unspecified atom stereocenters. The van der Waals surface area contributed by atoms with Crippen LogP contribution in [-0.4, -0.2) is 42.6 Å². The molecule has 2 amide bonds. The van der Waals surface area contributed by atoms with Crippen molar-refractivity contribution in [2.45, 2.75) is 31.7 Å². The molecule has 0 aliphatic rings. The molecule has 4 aromatic carbocycles. The minimum Gasteiger partial charge on any atom is -0.444 e. The van der Waals surface area contributed by atoms with E-state index in [-0.39, 0.29) is 47.2 Å². The second kappa shape index (κ2) is 15.2. The number of nitro benzene ring substituents is 1. The minimum atomic E-state index is -1.53. The van der Waals surface area contributed by atoms with E-state index in [1.54, 1.807) is 54.6 Å². The Bertz CT molecular complexity index is 2240. The van der Waals surface area contributed by atoms with Crippen LogP contribution in [0.25, 0.3) is 22.5 Å². The van der Waals surface area contributed by atoms with Gasteiger partial charge in [-0.25, -0.2) is 19.2 Å². The average Bonchev–Trinajstić information content (AvgIpc) is 3.57. The van der Waals surface area contributed by atoms with E-state index in [1.807, 2.05) is 6.07 Å². The number of aromatic nitrogens is 3. The minimum absolute atomic E-state index is 0.000874. The molecule has 0 aliphatic heterocycles. The van der Waals surface area contributed by atoms with Gasteiger partial charge in [-0.15, -0.1) is 0 Å². The van der Waals surface area contributed by atoms with Crippen molar-refractivity contribution in [1.82, 2.24) is 19.9 Å². The third kappa shape index (κ3) is 8.29. The molecule has 0 saturated heterocycles. The topological polar surface area (TPSA) is 192 Å². The lowest BCUT2D eigenvalue weighted by atomic mass is 10.0. The normalized spacial score (nSPS) is 12.2. The molecule has 0 radical (unpaired) electrons. The van der Waals surface area contributed by atoms with E-state index >= 15 is 0 Å². The van der Waals surface area contributed by atoms with Crippen LogP contribution in [0.2, 0.25) is 0 Å². The number of benzene rings is 4. The Morgan fingerprint density at radius 2 is 1.67 bits per heavy atom. The highest BCUT2D eigenvalue weighted by Crippen LogP contribution is 2.27. The molecule has 0 aliphatic carbocycles. The molecule has 6 aromatic rings. The third-order valence-electron chi connectivity index (χ3n) is 7.78. The number of amides is 2. The molecule has 15 heteroatoms. The highest BCUT2D eigenvalue weighted by Gasteiger charge is 2.29. The van der Waals surface area contributed by atoms with Crippen molar-refractivity contribution in [3.05, 3.63) is 153 Å². The van der Waals surface area contributed by atoms with Gasteiger partial charge in [0.1, 0.15) is 36.0 Å². The first-order valence-corrected chi connectivity index (χ1v) is 15.5. The smallest absolute Gasteiger partial charge is 0.412 e. The van der Waals surface area contributed by atoms with E-state index in [2.05, 4.69) is 20.6 Å². The maximum absolute atomic E-state index is 13.8. The molecular formula is C36H29FN6O8. The molecule has 2 atom stereocenters. The van der Waals surface area contributed by atoms with Gasteiger partial charge in [-0.05, 0) is 47.9 Å². The number of hydrogen-bond donors (Lipinski definition) is 3. The van der Waals surface area contributed by atoms with E-state index in [4.69, 9.17) is 9.15 Å². The maximum atomic E-state index is 13.8.